The summed E-state index contributed by atoms with van der Waals surface area (Å²) in [7, 11) is 0. The molecule has 118 valence electrons. The van der Waals surface area contributed by atoms with Gasteiger partial charge in [0, 0.05) is 23.8 Å². The first-order valence-electron chi connectivity index (χ1n) is 7.19. The average Bonchev–Trinajstić information content (AvgIpc) is 2.82. The van der Waals surface area contributed by atoms with E-state index in [9.17, 15) is 9.90 Å². The fraction of sp³-hybridized carbons (Fsp3) is 0.769. The maximum Gasteiger partial charge on any atom is 0.240 e. The Morgan fingerprint density at radius 1 is 1.62 bits per heavy atom. The molecular formula is C13H22N4O2S2. The normalized spacial score (nSPS) is 23.2. The summed E-state index contributed by atoms with van der Waals surface area (Å²) >= 11 is 2.81. The zero-order chi connectivity index (χ0) is 15.3. The summed E-state index contributed by atoms with van der Waals surface area (Å²) in [5.74, 6) is 0.878. The first-order chi connectivity index (χ1) is 9.98. The smallest absolute Gasteiger partial charge is 0.240 e. The van der Waals surface area contributed by atoms with Crippen LogP contribution in [0.25, 0.3) is 0 Å². The fourth-order valence-corrected chi connectivity index (χ4v) is 3.75. The van der Waals surface area contributed by atoms with Gasteiger partial charge >= 0.3 is 0 Å². The monoisotopic (exact) mass is 330 g/mol. The summed E-state index contributed by atoms with van der Waals surface area (Å²) in [6.07, 6.45) is 2.77. The summed E-state index contributed by atoms with van der Waals surface area (Å²) in [5, 5.41) is 14.1. The van der Waals surface area contributed by atoms with Crippen LogP contribution in [0.1, 0.15) is 33.1 Å². The van der Waals surface area contributed by atoms with Gasteiger partial charge in [0.2, 0.25) is 16.2 Å². The molecule has 21 heavy (non-hydrogen) atoms. The van der Waals surface area contributed by atoms with Crippen molar-refractivity contribution in [3.8, 4) is 0 Å². The van der Waals surface area contributed by atoms with E-state index in [1.54, 1.807) is 11.8 Å². The molecule has 0 spiro atoms. The lowest BCUT2D eigenvalue weighted by molar-refractivity contribution is -0.118. The Hall–Kier alpha value is -0.700. The van der Waals surface area contributed by atoms with Crippen molar-refractivity contribution in [3.63, 3.8) is 0 Å². The molecule has 1 aromatic heterocycles. The number of thioether (sulfide) groups is 1. The highest BCUT2D eigenvalue weighted by molar-refractivity contribution is 7.99. The number of rotatable bonds is 6. The minimum Gasteiger partial charge on any atom is -0.389 e. The van der Waals surface area contributed by atoms with E-state index in [1.165, 1.54) is 11.5 Å². The van der Waals surface area contributed by atoms with Crippen LogP contribution in [0.5, 0.6) is 0 Å². The van der Waals surface area contributed by atoms with Crippen LogP contribution in [0, 0.1) is 0 Å². The second-order valence-electron chi connectivity index (χ2n) is 5.59. The third-order valence-corrected chi connectivity index (χ3v) is 5.01. The molecule has 0 bridgehead atoms. The summed E-state index contributed by atoms with van der Waals surface area (Å²) in [6, 6.07) is 0. The van der Waals surface area contributed by atoms with Crippen LogP contribution in [-0.4, -0.2) is 56.3 Å². The van der Waals surface area contributed by atoms with Gasteiger partial charge in [0.05, 0.1) is 12.1 Å². The van der Waals surface area contributed by atoms with Gasteiger partial charge in [-0.15, -0.1) is 0 Å². The first kappa shape index (κ1) is 16.7. The average molecular weight is 330 g/mol. The van der Waals surface area contributed by atoms with Gasteiger partial charge in [-0.05, 0) is 32.7 Å². The number of nitrogens with zero attached hydrogens (tertiary/aromatic N) is 3. The van der Waals surface area contributed by atoms with Gasteiger partial charge in [-0.3, -0.25) is 15.0 Å². The van der Waals surface area contributed by atoms with E-state index in [0.29, 0.717) is 11.7 Å². The number of nitrogens with one attached hydrogen (secondary N) is 1. The second-order valence-corrected chi connectivity index (χ2v) is 7.40. The SMILES string of the molecule is CCCSc1nsc(NC(=O)CN2CCCC(C)(O)C2)n1. The molecule has 2 N–H and O–H groups in total. The molecule has 1 aliphatic heterocycles. The lowest BCUT2D eigenvalue weighted by atomic mass is 9.95. The Bertz CT molecular complexity index is 478. The molecule has 1 aromatic rings. The minimum absolute atomic E-state index is 0.101. The zero-order valence-electron chi connectivity index (χ0n) is 12.5. The Morgan fingerprint density at radius 2 is 2.43 bits per heavy atom. The Morgan fingerprint density at radius 3 is 3.14 bits per heavy atom. The van der Waals surface area contributed by atoms with E-state index >= 15 is 0 Å². The molecule has 2 rings (SSSR count). The first-order valence-corrected chi connectivity index (χ1v) is 8.95. The third-order valence-electron chi connectivity index (χ3n) is 3.21. The van der Waals surface area contributed by atoms with Crippen LogP contribution in [0.15, 0.2) is 5.16 Å². The molecule has 8 heteroatoms. The van der Waals surface area contributed by atoms with Gasteiger partial charge < -0.3 is 5.11 Å². The van der Waals surface area contributed by atoms with Gasteiger partial charge in [0.25, 0.3) is 0 Å². The van der Waals surface area contributed by atoms with E-state index < -0.39 is 5.60 Å². The number of β-amino-alcohol motifs (C(OH)–C–C–N with tert-alkyl or cyclic N) is 1. The number of piperidine rings is 1. The number of hydrogen-bond acceptors (Lipinski definition) is 7. The van der Waals surface area contributed by atoms with Crippen LogP contribution in [0.3, 0.4) is 0 Å². The molecule has 0 radical (unpaired) electrons. The quantitative estimate of drug-likeness (QED) is 0.775. The van der Waals surface area contributed by atoms with E-state index in [4.69, 9.17) is 0 Å². The second kappa shape index (κ2) is 7.53. The molecular weight excluding hydrogens is 308 g/mol. The van der Waals surface area contributed by atoms with Crippen LogP contribution >= 0.6 is 23.3 Å². The molecule has 1 amide bonds. The highest BCUT2D eigenvalue weighted by atomic mass is 32.2. The van der Waals surface area contributed by atoms with Crippen molar-refractivity contribution in [2.45, 2.75) is 43.9 Å². The van der Waals surface area contributed by atoms with Crippen LogP contribution < -0.4 is 5.32 Å². The predicted molar refractivity (Wildman–Crippen MR) is 85.9 cm³/mol. The molecule has 1 atom stereocenters. The molecule has 1 fully saturated rings. The van der Waals surface area contributed by atoms with Crippen molar-refractivity contribution in [1.82, 2.24) is 14.3 Å². The predicted octanol–water partition coefficient (Wildman–Crippen LogP) is 1.83. The third kappa shape index (κ3) is 5.54. The van der Waals surface area contributed by atoms with Crippen molar-refractivity contribution < 1.29 is 9.90 Å². The maximum absolute atomic E-state index is 12.0. The topological polar surface area (TPSA) is 78.4 Å². The summed E-state index contributed by atoms with van der Waals surface area (Å²) in [5.41, 5.74) is -0.689. The molecule has 0 aliphatic carbocycles. The summed E-state index contributed by atoms with van der Waals surface area (Å²) < 4.78 is 4.20. The lowest BCUT2D eigenvalue weighted by Gasteiger charge is -2.36. The van der Waals surface area contributed by atoms with Crippen molar-refractivity contribution in [1.29, 1.82) is 0 Å². The number of aromatic nitrogens is 2. The molecule has 2 heterocycles. The number of aliphatic hydroxyl groups is 1. The van der Waals surface area contributed by atoms with Crippen molar-refractivity contribution in [3.05, 3.63) is 0 Å². The minimum atomic E-state index is -0.689. The van der Waals surface area contributed by atoms with Gasteiger partial charge in [0.15, 0.2) is 0 Å². The van der Waals surface area contributed by atoms with Crippen molar-refractivity contribution in [2.24, 2.45) is 0 Å². The molecule has 1 unspecified atom stereocenters. The Kier molecular flexibility index (Phi) is 5.98. The fourth-order valence-electron chi connectivity index (χ4n) is 2.33. The van der Waals surface area contributed by atoms with Gasteiger partial charge in [-0.2, -0.15) is 9.36 Å². The van der Waals surface area contributed by atoms with Crippen LogP contribution in [0.2, 0.25) is 0 Å². The highest BCUT2D eigenvalue weighted by Gasteiger charge is 2.29. The molecule has 0 saturated carbocycles. The summed E-state index contributed by atoms with van der Waals surface area (Å²) in [6.45, 7) is 5.59. The van der Waals surface area contributed by atoms with E-state index in [2.05, 4.69) is 21.6 Å². The lowest BCUT2D eigenvalue weighted by Crippen LogP contribution is -2.48. The van der Waals surface area contributed by atoms with Gasteiger partial charge in [-0.25, -0.2) is 0 Å². The summed E-state index contributed by atoms with van der Waals surface area (Å²) in [4.78, 5) is 18.3. The van der Waals surface area contributed by atoms with Gasteiger partial charge in [0.1, 0.15) is 0 Å². The number of likely N-dealkylation sites (tertiary alicyclic amines) is 1. The number of carbonyl (C=O) groups excluding carboxylic acids is 1. The van der Waals surface area contributed by atoms with Crippen LogP contribution in [-0.2, 0) is 4.79 Å². The molecule has 1 aliphatic rings. The van der Waals surface area contributed by atoms with E-state index in [0.717, 1.165) is 36.7 Å². The standard InChI is InChI=1S/C13H22N4O2S2/c1-3-7-20-12-15-11(21-16-12)14-10(18)8-17-6-4-5-13(2,19)9-17/h19H,3-9H2,1-2H3,(H,14,15,16,18). The number of hydrogen-bond donors (Lipinski definition) is 2. The maximum atomic E-state index is 12.0. The Labute approximate surface area is 133 Å². The zero-order valence-corrected chi connectivity index (χ0v) is 14.1. The molecule has 0 aromatic carbocycles. The van der Waals surface area contributed by atoms with Crippen molar-refractivity contribution >= 4 is 34.3 Å². The molecule has 1 saturated heterocycles. The Balaban J connectivity index is 1.80. The van der Waals surface area contributed by atoms with Crippen LogP contribution in [0.4, 0.5) is 5.13 Å². The largest absolute Gasteiger partial charge is 0.389 e. The molecule has 6 nitrogen and oxygen atoms in total. The van der Waals surface area contributed by atoms with Crippen molar-refractivity contribution in [2.75, 3.05) is 30.7 Å². The van der Waals surface area contributed by atoms with Gasteiger partial charge in [-0.1, -0.05) is 18.7 Å². The van der Waals surface area contributed by atoms with E-state index in [-0.39, 0.29) is 12.5 Å². The highest BCUT2D eigenvalue weighted by Crippen LogP contribution is 2.22. The number of anilines is 1. The number of carbonyl (C=O) groups is 1. The number of amides is 1. The van der Waals surface area contributed by atoms with E-state index in [1.807, 2.05) is 11.8 Å².